The molecule has 0 saturated carbocycles. The lowest BCUT2D eigenvalue weighted by molar-refractivity contribution is 0.0785. The van der Waals surface area contributed by atoms with Crippen LogP contribution in [0.1, 0.15) is 21.8 Å². The average molecular weight is 280 g/mol. The largest absolute Gasteiger partial charge is 0.441 e. The second kappa shape index (κ2) is 5.40. The lowest BCUT2D eigenvalue weighted by Gasteiger charge is -2.17. The molecule has 0 spiro atoms. The first kappa shape index (κ1) is 13.4. The summed E-state index contributed by atoms with van der Waals surface area (Å²) in [5.74, 6) is 0.571. The number of rotatable bonds is 3. The Morgan fingerprint density at radius 3 is 2.71 bits per heavy atom. The molecule has 1 amide bonds. The van der Waals surface area contributed by atoms with Gasteiger partial charge in [0.25, 0.3) is 5.91 Å². The number of carbonyl (C=O) groups is 1. The number of amides is 1. The fraction of sp³-hybridized carbons (Fsp3) is 0.176. The predicted molar refractivity (Wildman–Crippen MR) is 81.0 cm³/mol. The molecular weight excluding hydrogens is 264 g/mol. The van der Waals surface area contributed by atoms with Crippen LogP contribution in [0.5, 0.6) is 0 Å². The lowest BCUT2D eigenvalue weighted by atomic mass is 10.1. The Balaban J connectivity index is 1.82. The first-order chi connectivity index (χ1) is 10.1. The molecule has 0 aliphatic heterocycles. The van der Waals surface area contributed by atoms with Crippen molar-refractivity contribution in [1.29, 1.82) is 0 Å². The Bertz CT molecular complexity index is 778. The smallest absolute Gasteiger partial charge is 0.254 e. The van der Waals surface area contributed by atoms with Gasteiger partial charge in [-0.3, -0.25) is 4.79 Å². The van der Waals surface area contributed by atoms with Crippen LogP contribution >= 0.6 is 0 Å². The van der Waals surface area contributed by atoms with Crippen LogP contribution in [-0.4, -0.2) is 22.8 Å². The van der Waals surface area contributed by atoms with Crippen molar-refractivity contribution in [3.8, 4) is 0 Å². The molecule has 106 valence electrons. The number of aromatic nitrogens is 1. The quantitative estimate of drug-likeness (QED) is 0.738. The van der Waals surface area contributed by atoms with Gasteiger partial charge in [0.1, 0.15) is 5.52 Å². The molecule has 1 heterocycles. The third-order valence-electron chi connectivity index (χ3n) is 3.35. The lowest BCUT2D eigenvalue weighted by Crippen LogP contribution is -2.26. The molecule has 0 fully saturated rings. The molecular formula is C17H16N2O2. The summed E-state index contributed by atoms with van der Waals surface area (Å²) >= 11 is 0. The highest BCUT2D eigenvalue weighted by Crippen LogP contribution is 2.18. The van der Waals surface area contributed by atoms with Gasteiger partial charge < -0.3 is 9.32 Å². The van der Waals surface area contributed by atoms with E-state index in [1.54, 1.807) is 31.0 Å². The molecule has 0 unspecified atom stereocenters. The predicted octanol–water partition coefficient (Wildman–Crippen LogP) is 3.41. The number of oxazole rings is 1. The number of benzene rings is 2. The maximum atomic E-state index is 12.5. The average Bonchev–Trinajstić information content (AvgIpc) is 2.86. The number of aryl methyl sites for hydroxylation is 1. The maximum Gasteiger partial charge on any atom is 0.254 e. The SMILES string of the molecule is Cc1nc2ccc(C(=O)N(C)Cc3ccccc3)cc2o1. The number of fused-ring (bicyclic) bond motifs is 1. The van der Waals surface area contributed by atoms with E-state index in [0.717, 1.165) is 11.1 Å². The van der Waals surface area contributed by atoms with Crippen molar-refractivity contribution in [3.63, 3.8) is 0 Å². The van der Waals surface area contributed by atoms with Crippen molar-refractivity contribution in [2.24, 2.45) is 0 Å². The number of hydrogen-bond donors (Lipinski definition) is 0. The van der Waals surface area contributed by atoms with E-state index in [-0.39, 0.29) is 5.91 Å². The van der Waals surface area contributed by atoms with Crippen LogP contribution in [0.3, 0.4) is 0 Å². The highest BCUT2D eigenvalue weighted by atomic mass is 16.3. The van der Waals surface area contributed by atoms with Crippen molar-refractivity contribution in [2.45, 2.75) is 13.5 Å². The van der Waals surface area contributed by atoms with Crippen LogP contribution in [0.15, 0.2) is 52.9 Å². The molecule has 3 aromatic rings. The topological polar surface area (TPSA) is 46.3 Å². The molecule has 1 aromatic heterocycles. The zero-order valence-electron chi connectivity index (χ0n) is 12.0. The Labute approximate surface area is 123 Å². The highest BCUT2D eigenvalue weighted by molar-refractivity contribution is 5.96. The molecule has 0 saturated heterocycles. The Hall–Kier alpha value is -2.62. The van der Waals surface area contributed by atoms with E-state index in [1.807, 2.05) is 36.4 Å². The molecule has 0 radical (unpaired) electrons. The molecule has 21 heavy (non-hydrogen) atoms. The minimum atomic E-state index is -0.0326. The Kier molecular flexibility index (Phi) is 3.44. The van der Waals surface area contributed by atoms with Gasteiger partial charge in [0, 0.05) is 26.1 Å². The Morgan fingerprint density at radius 2 is 1.95 bits per heavy atom. The number of nitrogens with zero attached hydrogens (tertiary/aromatic N) is 2. The van der Waals surface area contributed by atoms with Crippen LogP contribution in [0.4, 0.5) is 0 Å². The highest BCUT2D eigenvalue weighted by Gasteiger charge is 2.14. The van der Waals surface area contributed by atoms with E-state index in [2.05, 4.69) is 4.98 Å². The molecule has 0 bridgehead atoms. The number of hydrogen-bond acceptors (Lipinski definition) is 3. The van der Waals surface area contributed by atoms with E-state index in [1.165, 1.54) is 0 Å². The van der Waals surface area contributed by atoms with Gasteiger partial charge in [0.15, 0.2) is 11.5 Å². The van der Waals surface area contributed by atoms with E-state index in [0.29, 0.717) is 23.6 Å². The first-order valence-electron chi connectivity index (χ1n) is 6.80. The molecule has 2 aromatic carbocycles. The molecule has 3 rings (SSSR count). The second-order valence-electron chi connectivity index (χ2n) is 5.06. The number of carbonyl (C=O) groups excluding carboxylic acids is 1. The van der Waals surface area contributed by atoms with Crippen LogP contribution < -0.4 is 0 Å². The van der Waals surface area contributed by atoms with Crippen molar-refractivity contribution < 1.29 is 9.21 Å². The van der Waals surface area contributed by atoms with E-state index >= 15 is 0 Å². The maximum absolute atomic E-state index is 12.5. The van der Waals surface area contributed by atoms with Crippen LogP contribution in [0, 0.1) is 6.92 Å². The monoisotopic (exact) mass is 280 g/mol. The molecule has 0 aliphatic rings. The summed E-state index contributed by atoms with van der Waals surface area (Å²) in [4.78, 5) is 18.4. The van der Waals surface area contributed by atoms with E-state index in [4.69, 9.17) is 4.42 Å². The third-order valence-corrected chi connectivity index (χ3v) is 3.35. The second-order valence-corrected chi connectivity index (χ2v) is 5.06. The standard InChI is InChI=1S/C17H16N2O2/c1-12-18-15-9-8-14(10-16(15)21-12)17(20)19(2)11-13-6-4-3-5-7-13/h3-10H,11H2,1-2H3. The third kappa shape index (κ3) is 2.79. The molecule has 0 N–H and O–H groups in total. The van der Waals surface area contributed by atoms with Crippen LogP contribution in [0.2, 0.25) is 0 Å². The summed E-state index contributed by atoms with van der Waals surface area (Å²) in [6.07, 6.45) is 0. The molecule has 4 heteroatoms. The summed E-state index contributed by atoms with van der Waals surface area (Å²) in [5, 5.41) is 0. The summed E-state index contributed by atoms with van der Waals surface area (Å²) in [6.45, 7) is 2.37. The van der Waals surface area contributed by atoms with Gasteiger partial charge in [-0.1, -0.05) is 30.3 Å². The summed E-state index contributed by atoms with van der Waals surface area (Å²) in [5.41, 5.74) is 3.13. The Morgan fingerprint density at radius 1 is 1.19 bits per heavy atom. The minimum Gasteiger partial charge on any atom is -0.441 e. The van der Waals surface area contributed by atoms with Crippen molar-refractivity contribution in [3.05, 3.63) is 65.5 Å². The molecule has 4 nitrogen and oxygen atoms in total. The fourth-order valence-electron chi connectivity index (χ4n) is 2.32. The minimum absolute atomic E-state index is 0.0326. The molecule has 0 aliphatic carbocycles. The summed E-state index contributed by atoms with van der Waals surface area (Å²) in [6, 6.07) is 15.3. The fourth-order valence-corrected chi connectivity index (χ4v) is 2.32. The molecule has 0 atom stereocenters. The summed E-state index contributed by atoms with van der Waals surface area (Å²) < 4.78 is 5.47. The van der Waals surface area contributed by atoms with Gasteiger partial charge in [-0.25, -0.2) is 4.98 Å². The van der Waals surface area contributed by atoms with Gasteiger partial charge in [0.05, 0.1) is 0 Å². The van der Waals surface area contributed by atoms with Crippen molar-refractivity contribution >= 4 is 17.0 Å². The zero-order chi connectivity index (χ0) is 14.8. The first-order valence-corrected chi connectivity index (χ1v) is 6.80. The van der Waals surface area contributed by atoms with Crippen molar-refractivity contribution in [2.75, 3.05) is 7.05 Å². The summed E-state index contributed by atoms with van der Waals surface area (Å²) in [7, 11) is 1.80. The van der Waals surface area contributed by atoms with Gasteiger partial charge in [-0.2, -0.15) is 0 Å². The van der Waals surface area contributed by atoms with Gasteiger partial charge >= 0.3 is 0 Å². The van der Waals surface area contributed by atoms with Crippen LogP contribution in [-0.2, 0) is 6.54 Å². The van der Waals surface area contributed by atoms with Crippen molar-refractivity contribution in [1.82, 2.24) is 9.88 Å². The zero-order valence-corrected chi connectivity index (χ0v) is 12.0. The van der Waals surface area contributed by atoms with Gasteiger partial charge in [-0.05, 0) is 23.8 Å². The van der Waals surface area contributed by atoms with E-state index < -0.39 is 0 Å². The van der Waals surface area contributed by atoms with Gasteiger partial charge in [0.2, 0.25) is 0 Å². The van der Waals surface area contributed by atoms with Crippen LogP contribution in [0.25, 0.3) is 11.1 Å². The van der Waals surface area contributed by atoms with Gasteiger partial charge in [-0.15, -0.1) is 0 Å². The normalized spacial score (nSPS) is 10.8. The van der Waals surface area contributed by atoms with E-state index in [9.17, 15) is 4.79 Å².